The van der Waals surface area contributed by atoms with Gasteiger partial charge in [-0.25, -0.2) is 12.5 Å². The Hall–Kier alpha value is -0.260. The van der Waals surface area contributed by atoms with Gasteiger partial charge in [0.15, 0.2) is 0 Å². The Morgan fingerprint density at radius 2 is 0.522 bits per heavy atom. The molecule has 10 heteroatoms. The minimum atomic E-state index is -4.23. The fraction of sp³-hybridized carbons (Fsp3) is 1.00. The SMILES string of the molecule is CCCCCCCCCCCCOS(=O)(=O)O.CCCCCCCCCCCCOS(=O)(=O)OCCCCCCCCCCCC. The van der Waals surface area contributed by atoms with Crippen LogP contribution >= 0.6 is 0 Å². The Bertz CT molecular complexity index is 756. The Labute approximate surface area is 287 Å². The molecule has 0 heterocycles. The molecule has 0 aromatic heterocycles. The van der Waals surface area contributed by atoms with E-state index in [0.717, 1.165) is 51.4 Å². The van der Waals surface area contributed by atoms with Gasteiger partial charge >= 0.3 is 20.8 Å². The zero-order valence-corrected chi connectivity index (χ0v) is 32.1. The molecule has 0 saturated heterocycles. The highest BCUT2D eigenvalue weighted by molar-refractivity contribution is 7.81. The van der Waals surface area contributed by atoms with Crippen LogP contribution in [0.4, 0.5) is 0 Å². The maximum Gasteiger partial charge on any atom is 0.399 e. The summed E-state index contributed by atoms with van der Waals surface area (Å²) >= 11 is 0. The fourth-order valence-electron chi connectivity index (χ4n) is 5.29. The molecular weight excluding hydrogens is 625 g/mol. The lowest BCUT2D eigenvalue weighted by Gasteiger charge is -2.06. The predicted molar refractivity (Wildman–Crippen MR) is 194 cm³/mol. The van der Waals surface area contributed by atoms with E-state index in [-0.39, 0.29) is 19.8 Å². The smallest absolute Gasteiger partial charge is 0.264 e. The first-order valence-corrected chi connectivity index (χ1v) is 22.0. The van der Waals surface area contributed by atoms with Crippen molar-refractivity contribution >= 4 is 20.8 Å². The molecular formula is C36H76O8S2. The Morgan fingerprint density at radius 3 is 0.739 bits per heavy atom. The van der Waals surface area contributed by atoms with Gasteiger partial charge in [0.2, 0.25) is 0 Å². The van der Waals surface area contributed by atoms with Crippen molar-refractivity contribution < 1.29 is 33.9 Å². The van der Waals surface area contributed by atoms with Gasteiger partial charge in [-0.05, 0) is 19.3 Å². The van der Waals surface area contributed by atoms with Crippen molar-refractivity contribution in [1.82, 2.24) is 0 Å². The topological polar surface area (TPSA) is 116 Å². The molecule has 0 saturated carbocycles. The summed E-state index contributed by atoms with van der Waals surface area (Å²) in [6.07, 6.45) is 36.3. The van der Waals surface area contributed by atoms with E-state index in [0.29, 0.717) is 6.42 Å². The van der Waals surface area contributed by atoms with Crippen molar-refractivity contribution in [3.63, 3.8) is 0 Å². The van der Waals surface area contributed by atoms with E-state index in [1.165, 1.54) is 135 Å². The van der Waals surface area contributed by atoms with Gasteiger partial charge in [-0.1, -0.05) is 194 Å². The highest BCUT2D eigenvalue weighted by atomic mass is 32.3. The maximum atomic E-state index is 11.7. The molecule has 0 aliphatic carbocycles. The van der Waals surface area contributed by atoms with Crippen molar-refractivity contribution in [1.29, 1.82) is 0 Å². The molecule has 0 unspecified atom stereocenters. The molecule has 0 aromatic carbocycles. The molecule has 0 aromatic rings. The minimum Gasteiger partial charge on any atom is -0.264 e. The number of unbranched alkanes of at least 4 members (excludes halogenated alkanes) is 27. The van der Waals surface area contributed by atoms with Crippen LogP contribution in [0, 0.1) is 0 Å². The van der Waals surface area contributed by atoms with Gasteiger partial charge in [0, 0.05) is 0 Å². The largest absolute Gasteiger partial charge is 0.399 e. The lowest BCUT2D eigenvalue weighted by Crippen LogP contribution is -2.12. The quantitative estimate of drug-likeness (QED) is 0.0507. The third-order valence-electron chi connectivity index (χ3n) is 8.18. The third kappa shape index (κ3) is 45.9. The van der Waals surface area contributed by atoms with Crippen LogP contribution in [-0.2, 0) is 33.3 Å². The molecule has 0 aliphatic rings. The van der Waals surface area contributed by atoms with Crippen LogP contribution < -0.4 is 0 Å². The third-order valence-corrected chi connectivity index (χ3v) is 9.56. The zero-order chi connectivity index (χ0) is 34.5. The minimum absolute atomic E-state index is 0.0926. The van der Waals surface area contributed by atoms with Crippen LogP contribution in [-0.4, -0.2) is 41.2 Å². The predicted octanol–water partition coefficient (Wildman–Crippen LogP) is 11.8. The van der Waals surface area contributed by atoms with Crippen molar-refractivity contribution in [2.24, 2.45) is 0 Å². The number of rotatable bonds is 36. The second-order valence-corrected chi connectivity index (χ2v) is 15.2. The van der Waals surface area contributed by atoms with E-state index >= 15 is 0 Å². The molecule has 0 spiro atoms. The average Bonchev–Trinajstić information content (AvgIpc) is 3.01. The Kier molecular flexibility index (Phi) is 39.1. The van der Waals surface area contributed by atoms with Crippen molar-refractivity contribution in [2.75, 3.05) is 19.8 Å². The van der Waals surface area contributed by atoms with Gasteiger partial charge in [-0.3, -0.25) is 4.55 Å². The standard InChI is InChI=1S/C24H50O4S.C12H26O4S/c1-3-5-7-9-11-13-15-17-19-21-23-27-29(25,26)28-24-22-20-18-16-14-12-10-8-6-4-2;1-2-3-4-5-6-7-8-9-10-11-12-16-17(13,14)15/h3-24H2,1-2H3;2-12H2,1H3,(H,13,14,15). The molecule has 0 radical (unpaired) electrons. The molecule has 0 fully saturated rings. The monoisotopic (exact) mass is 700 g/mol. The van der Waals surface area contributed by atoms with E-state index in [1.54, 1.807) is 0 Å². The zero-order valence-electron chi connectivity index (χ0n) is 30.5. The molecule has 0 aliphatic heterocycles. The fourth-order valence-corrected chi connectivity index (χ4v) is 6.33. The molecule has 0 amide bonds. The van der Waals surface area contributed by atoms with Crippen LogP contribution in [0.25, 0.3) is 0 Å². The summed E-state index contributed by atoms with van der Waals surface area (Å²) in [5.74, 6) is 0. The Balaban J connectivity index is 0. The van der Waals surface area contributed by atoms with Crippen LogP contribution in [0.2, 0.25) is 0 Å². The summed E-state index contributed by atoms with van der Waals surface area (Å²) in [7, 11) is -8.04. The number of hydrogen-bond donors (Lipinski definition) is 1. The van der Waals surface area contributed by atoms with Crippen LogP contribution in [0.5, 0.6) is 0 Å². The van der Waals surface area contributed by atoms with Gasteiger partial charge in [0.25, 0.3) is 0 Å². The highest BCUT2D eigenvalue weighted by Crippen LogP contribution is 2.13. The summed E-state index contributed by atoms with van der Waals surface area (Å²) < 4.78 is 66.3. The van der Waals surface area contributed by atoms with E-state index in [1.807, 2.05) is 0 Å². The van der Waals surface area contributed by atoms with Crippen LogP contribution in [0.1, 0.15) is 213 Å². The summed E-state index contributed by atoms with van der Waals surface area (Å²) in [4.78, 5) is 0. The molecule has 0 bridgehead atoms. The highest BCUT2D eigenvalue weighted by Gasteiger charge is 2.11. The summed E-state index contributed by atoms with van der Waals surface area (Å²) in [5, 5.41) is 0. The van der Waals surface area contributed by atoms with E-state index < -0.39 is 20.8 Å². The van der Waals surface area contributed by atoms with E-state index in [4.69, 9.17) is 12.9 Å². The van der Waals surface area contributed by atoms with Crippen LogP contribution in [0.3, 0.4) is 0 Å². The average molecular weight is 701 g/mol. The summed E-state index contributed by atoms with van der Waals surface area (Å²) in [5.41, 5.74) is 0. The van der Waals surface area contributed by atoms with E-state index in [9.17, 15) is 16.8 Å². The second kappa shape index (κ2) is 37.6. The van der Waals surface area contributed by atoms with Gasteiger partial charge < -0.3 is 0 Å². The van der Waals surface area contributed by atoms with Gasteiger partial charge in [-0.2, -0.15) is 16.8 Å². The second-order valence-electron chi connectivity index (χ2n) is 12.8. The molecule has 46 heavy (non-hydrogen) atoms. The maximum absolute atomic E-state index is 11.7. The van der Waals surface area contributed by atoms with Crippen molar-refractivity contribution in [3.8, 4) is 0 Å². The number of hydrogen-bond acceptors (Lipinski definition) is 7. The summed E-state index contributed by atoms with van der Waals surface area (Å²) in [6, 6.07) is 0. The molecule has 0 rings (SSSR count). The van der Waals surface area contributed by atoms with Gasteiger partial charge in [0.1, 0.15) is 0 Å². The van der Waals surface area contributed by atoms with Gasteiger partial charge in [0.05, 0.1) is 19.8 Å². The van der Waals surface area contributed by atoms with Crippen molar-refractivity contribution in [2.45, 2.75) is 213 Å². The lowest BCUT2D eigenvalue weighted by atomic mass is 10.1. The first-order chi connectivity index (χ1) is 22.2. The molecule has 8 nitrogen and oxygen atoms in total. The van der Waals surface area contributed by atoms with E-state index in [2.05, 4.69) is 25.0 Å². The first-order valence-electron chi connectivity index (χ1n) is 19.3. The lowest BCUT2D eigenvalue weighted by molar-refractivity contribution is 0.208. The first kappa shape index (κ1) is 47.9. The van der Waals surface area contributed by atoms with Gasteiger partial charge in [-0.15, -0.1) is 0 Å². The Morgan fingerprint density at radius 1 is 0.326 bits per heavy atom. The van der Waals surface area contributed by atoms with Crippen LogP contribution in [0.15, 0.2) is 0 Å². The molecule has 280 valence electrons. The molecule has 0 atom stereocenters. The normalized spacial score (nSPS) is 11.9. The molecule has 1 N–H and O–H groups in total. The summed E-state index contributed by atoms with van der Waals surface area (Å²) in [6.45, 7) is 7.29. The van der Waals surface area contributed by atoms with Crippen molar-refractivity contribution in [3.05, 3.63) is 0 Å².